The highest BCUT2D eigenvalue weighted by molar-refractivity contribution is 5.83. The second-order valence-corrected chi connectivity index (χ2v) is 8.59. The van der Waals surface area contributed by atoms with E-state index in [1.165, 1.54) is 11.1 Å². The standard InChI is InChI=1S/C26H27N5O2/c1-17-3-5-18(6-4-17)7-11-24(32)28-20-8-9-21-19(15-20)16-31(30-21)23-13-14-27-22-10-12-25(33-2)29-26(22)23/h3-6,10,12-14,16,20H,7-9,11,15H2,1-2H3,(H,28,32). The van der Waals surface area contributed by atoms with Gasteiger partial charge in [-0.05, 0) is 55.9 Å². The molecular weight excluding hydrogens is 414 g/mol. The van der Waals surface area contributed by atoms with Crippen LogP contribution in [0.15, 0.2) is 54.9 Å². The van der Waals surface area contributed by atoms with E-state index in [1.54, 1.807) is 19.4 Å². The molecule has 7 nitrogen and oxygen atoms in total. The van der Waals surface area contributed by atoms with Gasteiger partial charge in [0.05, 0.1) is 24.0 Å². The summed E-state index contributed by atoms with van der Waals surface area (Å²) in [6.45, 7) is 2.07. The molecule has 3 heterocycles. The lowest BCUT2D eigenvalue weighted by molar-refractivity contribution is -0.121. The van der Waals surface area contributed by atoms with Gasteiger partial charge >= 0.3 is 0 Å². The SMILES string of the molecule is COc1ccc2nccc(-n3cc4c(n3)CCC(NC(=O)CCc3ccc(C)cc3)C4)c2n1. The van der Waals surface area contributed by atoms with Crippen molar-refractivity contribution in [1.29, 1.82) is 0 Å². The lowest BCUT2D eigenvalue weighted by atomic mass is 9.93. The monoisotopic (exact) mass is 441 g/mol. The summed E-state index contributed by atoms with van der Waals surface area (Å²) in [7, 11) is 1.60. The molecular formula is C26H27N5O2. The fourth-order valence-electron chi connectivity index (χ4n) is 4.36. The van der Waals surface area contributed by atoms with E-state index in [4.69, 9.17) is 9.84 Å². The Labute approximate surface area is 192 Å². The van der Waals surface area contributed by atoms with E-state index in [0.717, 1.165) is 53.7 Å². The quantitative estimate of drug-likeness (QED) is 0.493. The average molecular weight is 442 g/mol. The van der Waals surface area contributed by atoms with E-state index in [2.05, 4.69) is 52.7 Å². The van der Waals surface area contributed by atoms with Crippen LogP contribution in [0.1, 0.15) is 35.2 Å². The van der Waals surface area contributed by atoms with Crippen LogP contribution in [0.4, 0.5) is 0 Å². The molecule has 33 heavy (non-hydrogen) atoms. The van der Waals surface area contributed by atoms with Gasteiger partial charge in [0.25, 0.3) is 0 Å². The van der Waals surface area contributed by atoms with E-state index in [9.17, 15) is 4.79 Å². The van der Waals surface area contributed by atoms with Crippen LogP contribution in [0.2, 0.25) is 0 Å². The minimum atomic E-state index is 0.104. The summed E-state index contributed by atoms with van der Waals surface area (Å²) < 4.78 is 7.17. The number of carbonyl (C=O) groups excluding carboxylic acids is 1. The maximum Gasteiger partial charge on any atom is 0.220 e. The zero-order valence-corrected chi connectivity index (χ0v) is 18.9. The molecule has 1 unspecified atom stereocenters. The summed E-state index contributed by atoms with van der Waals surface area (Å²) >= 11 is 0. The predicted molar refractivity (Wildman–Crippen MR) is 127 cm³/mol. The molecule has 4 aromatic rings. The number of aromatic nitrogens is 4. The number of ether oxygens (including phenoxy) is 1. The molecule has 0 radical (unpaired) electrons. The molecule has 1 N–H and O–H groups in total. The number of benzene rings is 1. The number of hydrogen-bond acceptors (Lipinski definition) is 5. The number of pyridine rings is 2. The predicted octanol–water partition coefficient (Wildman–Crippen LogP) is 3.74. The van der Waals surface area contributed by atoms with Crippen LogP contribution >= 0.6 is 0 Å². The number of nitrogens with one attached hydrogen (secondary N) is 1. The first-order valence-corrected chi connectivity index (χ1v) is 11.3. The Morgan fingerprint density at radius 2 is 2.03 bits per heavy atom. The van der Waals surface area contributed by atoms with Gasteiger partial charge in [-0.1, -0.05) is 29.8 Å². The molecule has 0 saturated heterocycles. The van der Waals surface area contributed by atoms with Crippen molar-refractivity contribution in [3.05, 3.63) is 77.2 Å². The van der Waals surface area contributed by atoms with Crippen LogP contribution in [0.25, 0.3) is 16.7 Å². The van der Waals surface area contributed by atoms with Gasteiger partial charge in [0.1, 0.15) is 5.52 Å². The van der Waals surface area contributed by atoms with Crippen molar-refractivity contribution in [1.82, 2.24) is 25.1 Å². The number of aryl methyl sites for hydroxylation is 3. The highest BCUT2D eigenvalue weighted by Gasteiger charge is 2.23. The molecule has 1 aliphatic carbocycles. The maximum absolute atomic E-state index is 12.5. The summed E-state index contributed by atoms with van der Waals surface area (Å²) in [4.78, 5) is 21.5. The van der Waals surface area contributed by atoms with Crippen molar-refractivity contribution in [2.45, 2.75) is 45.1 Å². The Kier molecular flexibility index (Phi) is 5.77. The van der Waals surface area contributed by atoms with Gasteiger partial charge in [0.2, 0.25) is 11.8 Å². The largest absolute Gasteiger partial charge is 0.481 e. The number of methoxy groups -OCH3 is 1. The van der Waals surface area contributed by atoms with Crippen molar-refractivity contribution in [3.63, 3.8) is 0 Å². The zero-order chi connectivity index (χ0) is 22.8. The number of carbonyl (C=O) groups is 1. The molecule has 1 aliphatic rings. The van der Waals surface area contributed by atoms with Crippen LogP contribution in [0.5, 0.6) is 5.88 Å². The first kappa shape index (κ1) is 21.1. The van der Waals surface area contributed by atoms with Crippen LogP contribution in [-0.2, 0) is 24.1 Å². The number of nitrogens with zero attached hydrogens (tertiary/aromatic N) is 4. The highest BCUT2D eigenvalue weighted by Crippen LogP contribution is 2.25. The molecule has 5 rings (SSSR count). The second kappa shape index (κ2) is 9.02. The summed E-state index contributed by atoms with van der Waals surface area (Å²) in [6, 6.07) is 14.1. The van der Waals surface area contributed by atoms with Gasteiger partial charge in [-0.3, -0.25) is 9.78 Å². The number of amides is 1. The van der Waals surface area contributed by atoms with Gasteiger partial charge in [0, 0.05) is 30.9 Å². The first-order chi connectivity index (χ1) is 16.1. The normalized spacial score (nSPS) is 15.3. The Morgan fingerprint density at radius 1 is 1.18 bits per heavy atom. The van der Waals surface area contributed by atoms with E-state index in [-0.39, 0.29) is 11.9 Å². The van der Waals surface area contributed by atoms with Gasteiger partial charge < -0.3 is 10.1 Å². The van der Waals surface area contributed by atoms with Gasteiger partial charge in [0.15, 0.2) is 0 Å². The molecule has 1 aromatic carbocycles. The molecule has 0 bridgehead atoms. The topological polar surface area (TPSA) is 81.9 Å². The van der Waals surface area contributed by atoms with E-state index in [1.807, 2.05) is 16.8 Å². The minimum Gasteiger partial charge on any atom is -0.481 e. The molecule has 7 heteroatoms. The van der Waals surface area contributed by atoms with Crippen molar-refractivity contribution >= 4 is 16.9 Å². The van der Waals surface area contributed by atoms with E-state index >= 15 is 0 Å². The van der Waals surface area contributed by atoms with Gasteiger partial charge in [-0.15, -0.1) is 0 Å². The second-order valence-electron chi connectivity index (χ2n) is 8.59. The third kappa shape index (κ3) is 4.58. The molecule has 3 aromatic heterocycles. The first-order valence-electron chi connectivity index (χ1n) is 11.3. The maximum atomic E-state index is 12.5. The Hall–Kier alpha value is -3.74. The molecule has 0 aliphatic heterocycles. The molecule has 0 fully saturated rings. The zero-order valence-electron chi connectivity index (χ0n) is 18.9. The molecule has 0 spiro atoms. The number of rotatable bonds is 6. The summed E-state index contributed by atoms with van der Waals surface area (Å²) in [5, 5.41) is 8.04. The molecule has 1 atom stereocenters. The van der Waals surface area contributed by atoms with Crippen LogP contribution < -0.4 is 10.1 Å². The lowest BCUT2D eigenvalue weighted by Gasteiger charge is -2.22. The van der Waals surface area contributed by atoms with Crippen molar-refractivity contribution < 1.29 is 9.53 Å². The van der Waals surface area contributed by atoms with Gasteiger partial charge in [-0.25, -0.2) is 9.67 Å². The Balaban J connectivity index is 1.27. The third-order valence-corrected chi connectivity index (χ3v) is 6.19. The Morgan fingerprint density at radius 3 is 2.85 bits per heavy atom. The summed E-state index contributed by atoms with van der Waals surface area (Å²) in [5.74, 6) is 0.648. The van der Waals surface area contributed by atoms with Crippen LogP contribution in [0, 0.1) is 6.92 Å². The lowest BCUT2D eigenvalue weighted by Crippen LogP contribution is -2.38. The van der Waals surface area contributed by atoms with Gasteiger partial charge in [-0.2, -0.15) is 5.10 Å². The van der Waals surface area contributed by atoms with Crippen molar-refractivity contribution in [3.8, 4) is 11.6 Å². The smallest absolute Gasteiger partial charge is 0.220 e. The van der Waals surface area contributed by atoms with Crippen molar-refractivity contribution in [2.75, 3.05) is 7.11 Å². The molecule has 168 valence electrons. The van der Waals surface area contributed by atoms with Crippen molar-refractivity contribution in [2.24, 2.45) is 0 Å². The number of hydrogen-bond donors (Lipinski definition) is 1. The fourth-order valence-corrected chi connectivity index (χ4v) is 4.36. The minimum absolute atomic E-state index is 0.104. The summed E-state index contributed by atoms with van der Waals surface area (Å²) in [6.07, 6.45) is 7.59. The van der Waals surface area contributed by atoms with Crippen LogP contribution in [0.3, 0.4) is 0 Å². The Bertz CT molecular complexity index is 1300. The fraction of sp³-hybridized carbons (Fsp3) is 0.308. The molecule has 0 saturated carbocycles. The third-order valence-electron chi connectivity index (χ3n) is 6.19. The average Bonchev–Trinajstić information content (AvgIpc) is 3.26. The molecule has 1 amide bonds. The van der Waals surface area contributed by atoms with Crippen LogP contribution in [-0.4, -0.2) is 38.8 Å². The van der Waals surface area contributed by atoms with E-state index < -0.39 is 0 Å². The number of fused-ring (bicyclic) bond motifs is 2. The highest BCUT2D eigenvalue weighted by atomic mass is 16.5. The summed E-state index contributed by atoms with van der Waals surface area (Å²) in [5.41, 5.74) is 7.07. The van der Waals surface area contributed by atoms with E-state index in [0.29, 0.717) is 12.3 Å².